The van der Waals surface area contributed by atoms with E-state index in [9.17, 15) is 4.79 Å². The number of aromatic nitrogens is 1. The quantitative estimate of drug-likeness (QED) is 0.896. The molecule has 0 radical (unpaired) electrons. The van der Waals surface area contributed by atoms with Crippen LogP contribution in [0.4, 0.5) is 0 Å². The number of hydrogen-bond donors (Lipinski definition) is 2. The van der Waals surface area contributed by atoms with Crippen LogP contribution in [0, 0.1) is 0 Å². The zero-order chi connectivity index (χ0) is 15.2. The minimum absolute atomic E-state index is 0.0249. The van der Waals surface area contributed by atoms with Gasteiger partial charge in [0, 0.05) is 23.9 Å². The Morgan fingerprint density at radius 1 is 1.14 bits per heavy atom. The molecule has 4 nitrogen and oxygen atoms in total. The average Bonchev–Trinajstić information content (AvgIpc) is 3.01. The lowest BCUT2D eigenvalue weighted by atomic mass is 9.96. The first kappa shape index (κ1) is 15.9. The summed E-state index contributed by atoms with van der Waals surface area (Å²) in [5, 5.41) is 9.68. The van der Waals surface area contributed by atoms with Crippen molar-refractivity contribution >= 4 is 17.2 Å². The first-order valence-corrected chi connectivity index (χ1v) is 9.68. The second-order valence-electron chi connectivity index (χ2n) is 6.63. The molecule has 1 saturated carbocycles. The van der Waals surface area contributed by atoms with E-state index in [-0.39, 0.29) is 5.91 Å². The number of nitrogens with zero attached hydrogens (tertiary/aromatic N) is 1. The SMILES string of the molecule is O=C(NC1CCCCCCC1)c1csc(C2CCCNC2)n1. The summed E-state index contributed by atoms with van der Waals surface area (Å²) in [5.74, 6) is 0.513. The highest BCUT2D eigenvalue weighted by Crippen LogP contribution is 2.26. The number of carbonyl (C=O) groups is 1. The standard InChI is InChI=1S/C17H27N3OS/c21-16(19-14-8-4-2-1-3-5-9-14)15-12-22-17(20-15)13-7-6-10-18-11-13/h12-14,18H,1-11H2,(H,19,21). The second kappa shape index (κ2) is 8.06. The molecule has 1 aromatic rings. The summed E-state index contributed by atoms with van der Waals surface area (Å²) in [6, 6.07) is 0.342. The molecule has 0 spiro atoms. The van der Waals surface area contributed by atoms with Crippen LogP contribution in [0.3, 0.4) is 0 Å². The van der Waals surface area contributed by atoms with E-state index in [0.29, 0.717) is 17.7 Å². The van der Waals surface area contributed by atoms with Crippen molar-refractivity contribution in [1.82, 2.24) is 15.6 Å². The molecule has 1 aliphatic carbocycles. The smallest absolute Gasteiger partial charge is 0.270 e. The lowest BCUT2D eigenvalue weighted by molar-refractivity contribution is 0.0926. The topological polar surface area (TPSA) is 54.0 Å². The van der Waals surface area contributed by atoms with Gasteiger partial charge in [-0.05, 0) is 32.2 Å². The van der Waals surface area contributed by atoms with Gasteiger partial charge in [0.1, 0.15) is 5.69 Å². The van der Waals surface area contributed by atoms with Gasteiger partial charge in [-0.3, -0.25) is 4.79 Å². The van der Waals surface area contributed by atoms with Gasteiger partial charge in [-0.15, -0.1) is 11.3 Å². The van der Waals surface area contributed by atoms with Crippen molar-refractivity contribution in [2.24, 2.45) is 0 Å². The van der Waals surface area contributed by atoms with Gasteiger partial charge in [0.05, 0.1) is 5.01 Å². The highest BCUT2D eigenvalue weighted by Gasteiger charge is 2.21. The van der Waals surface area contributed by atoms with Gasteiger partial charge in [0.25, 0.3) is 5.91 Å². The predicted octanol–water partition coefficient (Wildman–Crippen LogP) is 3.45. The molecule has 3 rings (SSSR count). The maximum Gasteiger partial charge on any atom is 0.270 e. The second-order valence-corrected chi connectivity index (χ2v) is 7.52. The number of hydrogen-bond acceptors (Lipinski definition) is 4. The molecule has 1 unspecified atom stereocenters. The Balaban J connectivity index is 1.56. The summed E-state index contributed by atoms with van der Waals surface area (Å²) in [7, 11) is 0. The normalized spacial score (nSPS) is 24.5. The highest BCUT2D eigenvalue weighted by atomic mass is 32.1. The first-order chi connectivity index (χ1) is 10.8. The maximum atomic E-state index is 12.4. The molecule has 122 valence electrons. The third-order valence-corrected chi connectivity index (χ3v) is 5.85. The molecule has 0 aromatic carbocycles. The van der Waals surface area contributed by atoms with Gasteiger partial charge < -0.3 is 10.6 Å². The lowest BCUT2D eigenvalue weighted by Crippen LogP contribution is -2.35. The Bertz CT molecular complexity index is 474. The van der Waals surface area contributed by atoms with Crippen molar-refractivity contribution in [2.75, 3.05) is 13.1 Å². The lowest BCUT2D eigenvalue weighted by Gasteiger charge is -2.21. The van der Waals surface area contributed by atoms with E-state index in [4.69, 9.17) is 0 Å². The number of nitrogens with one attached hydrogen (secondary N) is 2. The van der Waals surface area contributed by atoms with Gasteiger partial charge in [0.2, 0.25) is 0 Å². The molecule has 5 heteroatoms. The molecule has 22 heavy (non-hydrogen) atoms. The monoisotopic (exact) mass is 321 g/mol. The van der Waals surface area contributed by atoms with E-state index >= 15 is 0 Å². The van der Waals surface area contributed by atoms with Crippen LogP contribution in [-0.4, -0.2) is 30.0 Å². The largest absolute Gasteiger partial charge is 0.348 e. The van der Waals surface area contributed by atoms with E-state index in [1.54, 1.807) is 11.3 Å². The maximum absolute atomic E-state index is 12.4. The van der Waals surface area contributed by atoms with Crippen molar-refractivity contribution in [3.63, 3.8) is 0 Å². The summed E-state index contributed by atoms with van der Waals surface area (Å²) >= 11 is 1.64. The molecule has 1 saturated heterocycles. The van der Waals surface area contributed by atoms with E-state index < -0.39 is 0 Å². The third-order valence-electron chi connectivity index (χ3n) is 4.84. The van der Waals surface area contributed by atoms with Gasteiger partial charge in [0.15, 0.2) is 0 Å². The Morgan fingerprint density at radius 3 is 2.64 bits per heavy atom. The van der Waals surface area contributed by atoms with Crippen molar-refractivity contribution in [3.05, 3.63) is 16.1 Å². The van der Waals surface area contributed by atoms with Crippen molar-refractivity contribution in [1.29, 1.82) is 0 Å². The molecule has 2 aliphatic rings. The molecule has 2 heterocycles. The summed E-state index contributed by atoms with van der Waals surface area (Å²) < 4.78 is 0. The van der Waals surface area contributed by atoms with Gasteiger partial charge >= 0.3 is 0 Å². The zero-order valence-corrected chi connectivity index (χ0v) is 14.1. The Hall–Kier alpha value is -0.940. The average molecular weight is 321 g/mol. The number of piperidine rings is 1. The Morgan fingerprint density at radius 2 is 1.91 bits per heavy atom. The molecule has 1 aliphatic heterocycles. The minimum atomic E-state index is 0.0249. The number of rotatable bonds is 3. The van der Waals surface area contributed by atoms with Crippen LogP contribution in [-0.2, 0) is 0 Å². The van der Waals surface area contributed by atoms with Crippen LogP contribution in [0.25, 0.3) is 0 Å². The Kier molecular flexibility index (Phi) is 5.84. The van der Waals surface area contributed by atoms with Crippen molar-refractivity contribution in [2.45, 2.75) is 69.7 Å². The van der Waals surface area contributed by atoms with Gasteiger partial charge in [-0.2, -0.15) is 0 Å². The minimum Gasteiger partial charge on any atom is -0.348 e. The zero-order valence-electron chi connectivity index (χ0n) is 13.3. The van der Waals surface area contributed by atoms with Crippen LogP contribution in [0.15, 0.2) is 5.38 Å². The van der Waals surface area contributed by atoms with E-state index in [0.717, 1.165) is 30.9 Å². The molecule has 1 atom stereocenters. The van der Waals surface area contributed by atoms with Crippen LogP contribution in [0.5, 0.6) is 0 Å². The summed E-state index contributed by atoms with van der Waals surface area (Å²) in [6.07, 6.45) is 11.1. The molecule has 1 amide bonds. The fourth-order valence-electron chi connectivity index (χ4n) is 3.50. The molecular weight excluding hydrogens is 294 g/mol. The fourth-order valence-corrected chi connectivity index (χ4v) is 4.44. The summed E-state index contributed by atoms with van der Waals surface area (Å²) in [6.45, 7) is 2.11. The van der Waals surface area contributed by atoms with Crippen LogP contribution >= 0.6 is 11.3 Å². The van der Waals surface area contributed by atoms with Crippen molar-refractivity contribution in [3.8, 4) is 0 Å². The first-order valence-electron chi connectivity index (χ1n) is 8.80. The molecule has 0 bridgehead atoms. The van der Waals surface area contributed by atoms with Crippen LogP contribution in [0.1, 0.15) is 79.2 Å². The molecule has 2 N–H and O–H groups in total. The number of amides is 1. The summed E-state index contributed by atoms with van der Waals surface area (Å²) in [4.78, 5) is 17.0. The van der Waals surface area contributed by atoms with E-state index in [1.165, 1.54) is 44.9 Å². The number of carbonyl (C=O) groups excluding carboxylic acids is 1. The van der Waals surface area contributed by atoms with E-state index in [1.807, 2.05) is 5.38 Å². The molecule has 1 aromatic heterocycles. The van der Waals surface area contributed by atoms with Gasteiger partial charge in [-0.1, -0.05) is 32.1 Å². The highest BCUT2D eigenvalue weighted by molar-refractivity contribution is 7.09. The fraction of sp³-hybridized carbons (Fsp3) is 0.765. The predicted molar refractivity (Wildman–Crippen MR) is 90.5 cm³/mol. The van der Waals surface area contributed by atoms with Crippen molar-refractivity contribution < 1.29 is 4.79 Å². The Labute approximate surface area is 137 Å². The third kappa shape index (κ3) is 4.29. The van der Waals surface area contributed by atoms with E-state index in [2.05, 4.69) is 15.6 Å². The molecule has 2 fully saturated rings. The molecular formula is C17H27N3OS. The van der Waals surface area contributed by atoms with Crippen LogP contribution in [0.2, 0.25) is 0 Å². The summed E-state index contributed by atoms with van der Waals surface area (Å²) in [5.41, 5.74) is 0.618. The van der Waals surface area contributed by atoms with Crippen LogP contribution < -0.4 is 10.6 Å². The van der Waals surface area contributed by atoms with Gasteiger partial charge in [-0.25, -0.2) is 4.98 Å². The number of thiazole rings is 1.